The van der Waals surface area contributed by atoms with Crippen LogP contribution in [-0.2, 0) is 0 Å². The Labute approximate surface area is 140 Å². The zero-order valence-electron chi connectivity index (χ0n) is 13.1. The highest BCUT2D eigenvalue weighted by atomic mass is 35.5. The van der Waals surface area contributed by atoms with Crippen LogP contribution < -0.4 is 5.73 Å². The highest BCUT2D eigenvalue weighted by Crippen LogP contribution is 2.43. The monoisotopic (exact) mass is 332 g/mol. The molecule has 2 atom stereocenters. The van der Waals surface area contributed by atoms with Crippen molar-refractivity contribution in [3.63, 3.8) is 0 Å². The Bertz CT molecular complexity index is 757. The maximum absolute atomic E-state index is 12.9. The van der Waals surface area contributed by atoms with E-state index in [1.807, 2.05) is 17.0 Å². The molecule has 4 rings (SSSR count). The number of carbonyl (C=O) groups is 1. The molecule has 2 bridgehead atoms. The van der Waals surface area contributed by atoms with Crippen LogP contribution in [0.15, 0.2) is 28.7 Å². The number of para-hydroxylation sites is 1. The molecule has 4 nitrogen and oxygen atoms in total. The Balaban J connectivity index is 1.64. The molecule has 0 radical (unpaired) electrons. The fourth-order valence-electron chi connectivity index (χ4n) is 4.36. The quantitative estimate of drug-likeness (QED) is 0.912. The summed E-state index contributed by atoms with van der Waals surface area (Å²) in [5.74, 6) is 0.903. The second-order valence-electron chi connectivity index (χ2n) is 7.12. The molecule has 2 unspecified atom stereocenters. The van der Waals surface area contributed by atoms with Crippen LogP contribution >= 0.6 is 11.6 Å². The standard InChI is InChI=1S/C18H21ClN2O2/c19-14-5-1-4-13-7-15(23-16(13)14)17(22)21-9-12-3-2-6-18(8-12,10-20)11-21/h1,4-5,7,12H,2-3,6,8-11,20H2. The lowest BCUT2D eigenvalue weighted by Crippen LogP contribution is -2.54. The van der Waals surface area contributed by atoms with Crippen LogP contribution in [0.5, 0.6) is 0 Å². The first kappa shape index (κ1) is 15.0. The molecule has 5 heteroatoms. The summed E-state index contributed by atoms with van der Waals surface area (Å²) in [6.07, 6.45) is 4.69. The third kappa shape index (κ3) is 2.54. The zero-order valence-corrected chi connectivity index (χ0v) is 13.8. The smallest absolute Gasteiger partial charge is 0.289 e. The summed E-state index contributed by atoms with van der Waals surface area (Å²) in [6, 6.07) is 7.34. The van der Waals surface area contributed by atoms with Gasteiger partial charge in [0.05, 0.1) is 5.02 Å². The van der Waals surface area contributed by atoms with E-state index in [-0.39, 0.29) is 11.3 Å². The largest absolute Gasteiger partial charge is 0.449 e. The number of halogens is 1. The summed E-state index contributed by atoms with van der Waals surface area (Å²) in [5, 5.41) is 1.40. The van der Waals surface area contributed by atoms with Crippen LogP contribution in [0.25, 0.3) is 11.0 Å². The number of furan rings is 1. The first-order valence-corrected chi connectivity index (χ1v) is 8.65. The number of piperidine rings is 1. The van der Waals surface area contributed by atoms with Gasteiger partial charge in [-0.05, 0) is 43.9 Å². The van der Waals surface area contributed by atoms with E-state index in [4.69, 9.17) is 21.8 Å². The molecule has 2 aromatic rings. The fraction of sp³-hybridized carbons (Fsp3) is 0.500. The summed E-state index contributed by atoms with van der Waals surface area (Å²) in [4.78, 5) is 14.9. The van der Waals surface area contributed by atoms with Crippen molar-refractivity contribution < 1.29 is 9.21 Å². The van der Waals surface area contributed by atoms with Gasteiger partial charge < -0.3 is 15.1 Å². The van der Waals surface area contributed by atoms with E-state index in [0.29, 0.717) is 28.8 Å². The molecular weight excluding hydrogens is 312 g/mol. The van der Waals surface area contributed by atoms with Gasteiger partial charge in [0.25, 0.3) is 5.91 Å². The van der Waals surface area contributed by atoms with E-state index in [0.717, 1.165) is 31.3 Å². The van der Waals surface area contributed by atoms with Crippen molar-refractivity contribution in [2.24, 2.45) is 17.1 Å². The van der Waals surface area contributed by atoms with Crippen molar-refractivity contribution in [2.75, 3.05) is 19.6 Å². The van der Waals surface area contributed by atoms with E-state index in [1.54, 1.807) is 12.1 Å². The van der Waals surface area contributed by atoms with Gasteiger partial charge in [0.15, 0.2) is 11.3 Å². The molecule has 1 saturated carbocycles. The average molecular weight is 333 g/mol. The molecule has 122 valence electrons. The fourth-order valence-corrected chi connectivity index (χ4v) is 4.58. The van der Waals surface area contributed by atoms with Crippen molar-refractivity contribution >= 4 is 28.5 Å². The molecule has 0 spiro atoms. The predicted molar refractivity (Wildman–Crippen MR) is 90.6 cm³/mol. The minimum Gasteiger partial charge on any atom is -0.449 e. The number of carbonyl (C=O) groups excluding carboxylic acids is 1. The molecule has 1 amide bonds. The van der Waals surface area contributed by atoms with Gasteiger partial charge in [0, 0.05) is 23.9 Å². The number of fused-ring (bicyclic) bond motifs is 3. The summed E-state index contributed by atoms with van der Waals surface area (Å²) in [7, 11) is 0. The van der Waals surface area contributed by atoms with E-state index >= 15 is 0 Å². The Morgan fingerprint density at radius 1 is 1.48 bits per heavy atom. The van der Waals surface area contributed by atoms with Gasteiger partial charge in [-0.1, -0.05) is 30.2 Å². The minimum absolute atomic E-state index is 0.0401. The van der Waals surface area contributed by atoms with Gasteiger partial charge in [-0.2, -0.15) is 0 Å². The van der Waals surface area contributed by atoms with Crippen LogP contribution in [0.4, 0.5) is 0 Å². The number of hydrogen-bond acceptors (Lipinski definition) is 3. The van der Waals surface area contributed by atoms with Gasteiger partial charge >= 0.3 is 0 Å². The Morgan fingerprint density at radius 3 is 3.13 bits per heavy atom. The van der Waals surface area contributed by atoms with E-state index in [2.05, 4.69) is 0 Å². The number of amides is 1. The Hall–Kier alpha value is -1.52. The molecule has 1 aliphatic carbocycles. The van der Waals surface area contributed by atoms with Crippen LogP contribution in [0.2, 0.25) is 5.02 Å². The molecule has 1 aromatic carbocycles. The van der Waals surface area contributed by atoms with Gasteiger partial charge in [-0.15, -0.1) is 0 Å². The Kier molecular flexibility index (Phi) is 3.62. The first-order valence-electron chi connectivity index (χ1n) is 8.28. The normalized spacial score (nSPS) is 27.4. The third-order valence-electron chi connectivity index (χ3n) is 5.47. The molecule has 23 heavy (non-hydrogen) atoms. The van der Waals surface area contributed by atoms with Crippen molar-refractivity contribution in [1.82, 2.24) is 4.90 Å². The molecule has 2 fully saturated rings. The maximum Gasteiger partial charge on any atom is 0.289 e. The molecular formula is C18H21ClN2O2. The summed E-state index contributed by atoms with van der Waals surface area (Å²) in [5.41, 5.74) is 6.73. The van der Waals surface area contributed by atoms with Crippen molar-refractivity contribution in [1.29, 1.82) is 0 Å². The van der Waals surface area contributed by atoms with Gasteiger partial charge in [-0.25, -0.2) is 0 Å². The minimum atomic E-state index is -0.0401. The summed E-state index contributed by atoms with van der Waals surface area (Å²) < 4.78 is 5.75. The van der Waals surface area contributed by atoms with Gasteiger partial charge in [-0.3, -0.25) is 4.79 Å². The number of benzene rings is 1. The zero-order chi connectivity index (χ0) is 16.0. The second kappa shape index (κ2) is 5.53. The van der Waals surface area contributed by atoms with Crippen molar-refractivity contribution in [3.8, 4) is 0 Å². The van der Waals surface area contributed by atoms with Crippen LogP contribution in [0.3, 0.4) is 0 Å². The molecule has 2 aliphatic rings. The lowest BCUT2D eigenvalue weighted by molar-refractivity contribution is 0.0126. The van der Waals surface area contributed by atoms with E-state index in [9.17, 15) is 4.79 Å². The van der Waals surface area contributed by atoms with E-state index < -0.39 is 0 Å². The molecule has 2 heterocycles. The van der Waals surface area contributed by atoms with E-state index in [1.165, 1.54) is 12.8 Å². The number of rotatable bonds is 2. The number of likely N-dealkylation sites (tertiary alicyclic amines) is 1. The van der Waals surface area contributed by atoms with Gasteiger partial charge in [0.2, 0.25) is 0 Å². The highest BCUT2D eigenvalue weighted by Gasteiger charge is 2.43. The number of hydrogen-bond donors (Lipinski definition) is 1. The average Bonchev–Trinajstić information content (AvgIpc) is 2.99. The summed E-state index contributed by atoms with van der Waals surface area (Å²) >= 11 is 6.15. The Morgan fingerprint density at radius 2 is 2.35 bits per heavy atom. The van der Waals surface area contributed by atoms with Crippen LogP contribution in [0, 0.1) is 11.3 Å². The molecule has 1 aromatic heterocycles. The van der Waals surface area contributed by atoms with Crippen LogP contribution in [0.1, 0.15) is 36.2 Å². The molecule has 2 N–H and O–H groups in total. The first-order chi connectivity index (χ1) is 11.1. The summed E-state index contributed by atoms with van der Waals surface area (Å²) in [6.45, 7) is 2.20. The number of nitrogens with two attached hydrogens (primary N) is 1. The highest BCUT2D eigenvalue weighted by molar-refractivity contribution is 6.34. The maximum atomic E-state index is 12.9. The predicted octanol–water partition coefficient (Wildman–Crippen LogP) is 3.68. The van der Waals surface area contributed by atoms with Crippen molar-refractivity contribution in [3.05, 3.63) is 35.0 Å². The second-order valence-corrected chi connectivity index (χ2v) is 7.53. The molecule has 1 saturated heterocycles. The lowest BCUT2D eigenvalue weighted by atomic mass is 9.66. The molecule has 1 aliphatic heterocycles. The third-order valence-corrected chi connectivity index (χ3v) is 5.77. The van der Waals surface area contributed by atoms with Crippen LogP contribution in [-0.4, -0.2) is 30.4 Å². The van der Waals surface area contributed by atoms with Gasteiger partial charge in [0.1, 0.15) is 0 Å². The lowest BCUT2D eigenvalue weighted by Gasteiger charge is -2.49. The number of nitrogens with zero attached hydrogens (tertiary/aromatic N) is 1. The topological polar surface area (TPSA) is 59.5 Å². The SMILES string of the molecule is NCC12CCCC(CN(C(=O)c3cc4cccc(Cl)c4o3)C1)C2. The van der Waals surface area contributed by atoms with Crippen molar-refractivity contribution in [2.45, 2.75) is 25.7 Å².